The van der Waals surface area contributed by atoms with Crippen LogP contribution in [-0.4, -0.2) is 77.8 Å². The second-order valence-electron chi connectivity index (χ2n) is 15.8. The summed E-state index contributed by atoms with van der Waals surface area (Å²) in [5, 5.41) is 36.8. The summed E-state index contributed by atoms with van der Waals surface area (Å²) in [6, 6.07) is 0. The van der Waals surface area contributed by atoms with Gasteiger partial charge in [0.05, 0.1) is 52.0 Å². The van der Waals surface area contributed by atoms with Crippen LogP contribution in [0.1, 0.15) is 111 Å². The molecule has 4 saturated carbocycles. The number of carbonyl (C=O) groups is 1. The maximum atomic E-state index is 12.8. The molecule has 4 aliphatic rings. The highest BCUT2D eigenvalue weighted by atomic mass is 16.3. The molecule has 0 radical (unpaired) electrons. The molecule has 0 aromatic heterocycles. The predicted octanol–water partition coefficient (Wildman–Crippen LogP) is 5.14. The lowest BCUT2D eigenvalue weighted by Gasteiger charge is -2.63. The Balaban J connectivity index is 1.31. The van der Waals surface area contributed by atoms with Crippen molar-refractivity contribution in [3.63, 3.8) is 0 Å². The summed E-state index contributed by atoms with van der Waals surface area (Å²) in [5.41, 5.74) is -0.0925. The third kappa shape index (κ3) is 6.45. The Morgan fingerprint density at radius 3 is 2.45 bits per heavy atom. The number of nitrogens with one attached hydrogen (secondary N) is 1. The molecular formula is C34H63N2O4+. The number of rotatable bonds is 12. The summed E-state index contributed by atoms with van der Waals surface area (Å²) in [4.78, 5) is 12.8. The van der Waals surface area contributed by atoms with Crippen LogP contribution in [0.15, 0.2) is 0 Å². The topological polar surface area (TPSA) is 89.8 Å². The molecule has 0 aromatic carbocycles. The number of hydrogen-bond acceptors (Lipinski definition) is 4. The van der Waals surface area contributed by atoms with Gasteiger partial charge < -0.3 is 25.1 Å². The second-order valence-corrected chi connectivity index (χ2v) is 15.8. The Kier molecular flexibility index (Phi) is 10.4. The molecule has 0 aromatic rings. The number of aliphatic hydroxyl groups excluding tert-OH is 3. The minimum Gasteiger partial charge on any atom is -0.393 e. The van der Waals surface area contributed by atoms with Gasteiger partial charge in [0.1, 0.15) is 0 Å². The molecule has 1 amide bonds. The number of unbranched alkanes of at least 4 members (excludes halogenated alkanes) is 3. The number of carbonyl (C=O) groups excluding carboxylic acids is 1. The molecule has 0 heterocycles. The van der Waals surface area contributed by atoms with E-state index in [-0.39, 0.29) is 41.0 Å². The third-order valence-electron chi connectivity index (χ3n) is 13.0. The normalized spacial score (nSPS) is 42.0. The van der Waals surface area contributed by atoms with Gasteiger partial charge in [-0.3, -0.25) is 4.79 Å². The molecule has 5 unspecified atom stereocenters. The highest BCUT2D eigenvalue weighted by Gasteiger charge is 2.65. The molecule has 4 aliphatic carbocycles. The van der Waals surface area contributed by atoms with Crippen LogP contribution in [0.25, 0.3) is 0 Å². The molecule has 4 fully saturated rings. The van der Waals surface area contributed by atoms with Crippen LogP contribution in [0.3, 0.4) is 0 Å². The van der Waals surface area contributed by atoms with Crippen molar-refractivity contribution >= 4 is 5.91 Å². The quantitative estimate of drug-likeness (QED) is 0.196. The van der Waals surface area contributed by atoms with Crippen molar-refractivity contribution in [3.8, 4) is 0 Å². The van der Waals surface area contributed by atoms with Gasteiger partial charge in [0.2, 0.25) is 5.91 Å². The van der Waals surface area contributed by atoms with E-state index in [0.29, 0.717) is 36.0 Å². The number of nitrogens with zero attached hydrogens (tertiary/aromatic N) is 1. The summed E-state index contributed by atoms with van der Waals surface area (Å²) >= 11 is 0. The maximum absolute atomic E-state index is 12.8. The van der Waals surface area contributed by atoms with Crippen LogP contribution >= 0.6 is 0 Å². The first-order valence-corrected chi connectivity index (χ1v) is 17.0. The van der Waals surface area contributed by atoms with Gasteiger partial charge in [0.15, 0.2) is 0 Å². The number of quaternary nitrogens is 1. The van der Waals surface area contributed by atoms with Crippen molar-refractivity contribution in [3.05, 3.63) is 0 Å². The van der Waals surface area contributed by atoms with Crippen molar-refractivity contribution in [2.24, 2.45) is 46.3 Å². The summed E-state index contributed by atoms with van der Waals surface area (Å²) < 4.78 is 0.953. The van der Waals surface area contributed by atoms with Crippen molar-refractivity contribution < 1.29 is 24.6 Å². The van der Waals surface area contributed by atoms with Gasteiger partial charge in [-0.1, -0.05) is 40.5 Å². The lowest BCUT2D eigenvalue weighted by molar-refractivity contribution is -0.889. The molecule has 232 valence electrons. The first-order chi connectivity index (χ1) is 18.8. The minimum absolute atomic E-state index is 0.107. The second kappa shape index (κ2) is 12.9. The number of aliphatic hydroxyl groups is 3. The zero-order chi connectivity index (χ0) is 29.3. The number of likely N-dealkylation sites (N-methyl/N-ethyl adjacent to an activating group) is 1. The number of amides is 1. The summed E-state index contributed by atoms with van der Waals surface area (Å²) in [6.07, 6.45) is 12.0. The Morgan fingerprint density at radius 1 is 0.975 bits per heavy atom. The fourth-order valence-electron chi connectivity index (χ4n) is 10.4. The lowest BCUT2D eigenvalue weighted by Crippen LogP contribution is -2.62. The van der Waals surface area contributed by atoms with Crippen LogP contribution in [0, 0.1) is 46.3 Å². The third-order valence-corrected chi connectivity index (χ3v) is 13.0. The van der Waals surface area contributed by atoms with Crippen molar-refractivity contribution in [1.29, 1.82) is 0 Å². The molecule has 0 aliphatic heterocycles. The van der Waals surface area contributed by atoms with E-state index in [2.05, 4.69) is 47.1 Å². The van der Waals surface area contributed by atoms with Crippen LogP contribution < -0.4 is 5.32 Å². The zero-order valence-electron chi connectivity index (χ0n) is 26.7. The van der Waals surface area contributed by atoms with Gasteiger partial charge in [-0.15, -0.1) is 0 Å². The Morgan fingerprint density at radius 2 is 1.73 bits per heavy atom. The highest BCUT2D eigenvalue weighted by Crippen LogP contribution is 2.68. The van der Waals surface area contributed by atoms with Crippen LogP contribution in [0.4, 0.5) is 0 Å². The molecular weight excluding hydrogens is 500 g/mol. The molecule has 6 heteroatoms. The highest BCUT2D eigenvalue weighted by molar-refractivity contribution is 5.75. The van der Waals surface area contributed by atoms with E-state index in [1.807, 2.05) is 0 Å². The molecule has 6 nitrogen and oxygen atoms in total. The van der Waals surface area contributed by atoms with E-state index >= 15 is 0 Å². The fraction of sp³-hybridized carbons (Fsp3) is 0.971. The Labute approximate surface area is 245 Å². The van der Waals surface area contributed by atoms with Crippen LogP contribution in [0.2, 0.25) is 0 Å². The van der Waals surface area contributed by atoms with Crippen molar-refractivity contribution in [2.45, 2.75) is 129 Å². The summed E-state index contributed by atoms with van der Waals surface area (Å²) in [5.74, 6) is 2.16. The van der Waals surface area contributed by atoms with E-state index in [4.69, 9.17) is 0 Å². The van der Waals surface area contributed by atoms with E-state index in [1.54, 1.807) is 0 Å². The van der Waals surface area contributed by atoms with Gasteiger partial charge in [0.25, 0.3) is 0 Å². The monoisotopic (exact) mass is 563 g/mol. The average Bonchev–Trinajstić information content (AvgIpc) is 3.25. The van der Waals surface area contributed by atoms with Crippen molar-refractivity contribution in [1.82, 2.24) is 5.32 Å². The van der Waals surface area contributed by atoms with Crippen molar-refractivity contribution in [2.75, 3.05) is 33.7 Å². The van der Waals surface area contributed by atoms with E-state index in [0.717, 1.165) is 75.5 Å². The van der Waals surface area contributed by atoms with Gasteiger partial charge in [0, 0.05) is 6.42 Å². The summed E-state index contributed by atoms with van der Waals surface area (Å²) in [7, 11) is 4.53. The molecule has 11 atom stereocenters. The predicted molar refractivity (Wildman–Crippen MR) is 161 cm³/mol. The maximum Gasteiger partial charge on any atom is 0.220 e. The van der Waals surface area contributed by atoms with E-state index in [1.165, 1.54) is 25.7 Å². The Bertz CT molecular complexity index is 850. The molecule has 0 saturated heterocycles. The molecule has 4 N–H and O–H groups in total. The van der Waals surface area contributed by atoms with Crippen LogP contribution in [0.5, 0.6) is 0 Å². The molecule has 0 spiro atoms. The molecule has 0 bridgehead atoms. The number of fused-ring (bicyclic) bond motifs is 5. The van der Waals surface area contributed by atoms with Gasteiger partial charge in [-0.2, -0.15) is 0 Å². The minimum atomic E-state index is -0.366. The smallest absolute Gasteiger partial charge is 0.220 e. The van der Waals surface area contributed by atoms with E-state index in [9.17, 15) is 20.1 Å². The fourth-order valence-corrected chi connectivity index (χ4v) is 10.4. The average molecular weight is 564 g/mol. The largest absolute Gasteiger partial charge is 0.393 e. The lowest BCUT2D eigenvalue weighted by atomic mass is 9.43. The van der Waals surface area contributed by atoms with Gasteiger partial charge in [-0.25, -0.2) is 0 Å². The van der Waals surface area contributed by atoms with Crippen LogP contribution in [-0.2, 0) is 4.79 Å². The Hall–Kier alpha value is -0.690. The van der Waals surface area contributed by atoms with Gasteiger partial charge >= 0.3 is 0 Å². The standard InChI is InChI=1S/C34H62N2O4/c1-7-8-9-10-18-36(5,6)19-17-35-31(40)14-11-23(2)26-12-13-27-32-28(22-30(39)34(26,27)4)33(3)16-15-25(37)20-24(33)21-29(32)38/h23-30,32,37-39H,7-22H2,1-6H3/p+1/t23-,24?,25-,26-,27?,28?,29?,30+,32?,33+,34-/m1/s1. The van der Waals surface area contributed by atoms with Gasteiger partial charge in [-0.05, 0) is 111 Å². The zero-order valence-corrected chi connectivity index (χ0v) is 26.7. The summed E-state index contributed by atoms with van der Waals surface area (Å²) in [6.45, 7) is 12.1. The SMILES string of the molecule is CCCCCC[N+](C)(C)CCNC(=O)CC[C@@H](C)[C@H]1CCC2C3C(O)CC4C[C@H](O)CC[C@]4(C)C3C[C@H](O)[C@@]21C. The first-order valence-electron chi connectivity index (χ1n) is 17.0. The molecule has 40 heavy (non-hydrogen) atoms. The molecule has 4 rings (SSSR count). The number of hydrogen-bond donors (Lipinski definition) is 4. The van der Waals surface area contributed by atoms with E-state index < -0.39 is 0 Å². The first kappa shape index (κ1) is 32.2.